The van der Waals surface area contributed by atoms with Crippen molar-refractivity contribution in [3.63, 3.8) is 0 Å². The molecule has 0 radical (unpaired) electrons. The number of hydrogen-bond acceptors (Lipinski definition) is 6. The van der Waals surface area contributed by atoms with Crippen molar-refractivity contribution < 1.29 is 28.8 Å². The molecule has 0 spiro atoms. The topological polar surface area (TPSA) is 102 Å². The van der Waals surface area contributed by atoms with Crippen LogP contribution < -0.4 is 9.81 Å². The van der Waals surface area contributed by atoms with Crippen molar-refractivity contribution in [1.29, 1.82) is 0 Å². The van der Waals surface area contributed by atoms with Gasteiger partial charge in [0, 0.05) is 16.4 Å². The maximum absolute atomic E-state index is 12.2. The van der Waals surface area contributed by atoms with Gasteiger partial charge in [-0.2, -0.15) is 19.2 Å². The molecule has 6 nitrogen and oxygen atoms in total. The summed E-state index contributed by atoms with van der Waals surface area (Å²) < 4.78 is 4.61. The summed E-state index contributed by atoms with van der Waals surface area (Å²) in [4.78, 5) is 55.6. The van der Waals surface area contributed by atoms with E-state index in [2.05, 4.69) is 105 Å². The minimum absolute atomic E-state index is 0.0441. The number of carbonyl (C=O) groups is 2. The minimum atomic E-state index is -2.06. The van der Waals surface area contributed by atoms with E-state index in [0.717, 1.165) is 44.1 Å². The Bertz CT molecular complexity index is 1640. The number of rotatable bonds is 8. The van der Waals surface area contributed by atoms with Crippen LogP contribution in [-0.2, 0) is 24.0 Å². The zero-order valence-corrected chi connectivity index (χ0v) is 32.7. The maximum atomic E-state index is 12.2. The molecule has 0 aromatic heterocycles. The van der Waals surface area contributed by atoms with E-state index in [-0.39, 0.29) is 28.4 Å². The Morgan fingerprint density at radius 1 is 0.540 bits per heavy atom. The van der Waals surface area contributed by atoms with Crippen molar-refractivity contribution in [3.05, 3.63) is 127 Å². The van der Waals surface area contributed by atoms with E-state index >= 15 is 0 Å². The summed E-state index contributed by atoms with van der Waals surface area (Å²) in [5.74, 6) is 0.387. The van der Waals surface area contributed by atoms with Crippen LogP contribution in [0, 0.1) is 21.7 Å². The summed E-state index contributed by atoms with van der Waals surface area (Å²) in [6, 6.07) is 42.7. The SMILES string of the molecule is CCC12CC(C(=O)Cl)(C1)C2.CCC12CC(C(=O)c3ccccc3)(C1)C2.O=C=O.O=C=O.c1cc[c]([Bi]([c]2ccccc2)[c]2ccccc2)cc1. The first-order valence-electron chi connectivity index (χ1n) is 16.8. The second-order valence-electron chi connectivity index (χ2n) is 13.8. The molecule has 0 N–H and O–H groups in total. The molecule has 4 aromatic carbocycles. The second kappa shape index (κ2) is 17.4. The van der Waals surface area contributed by atoms with Gasteiger partial charge in [-0.3, -0.25) is 9.59 Å². The van der Waals surface area contributed by atoms with Gasteiger partial charge in [-0.05, 0) is 61.0 Å². The molecule has 0 unspecified atom stereocenters. The summed E-state index contributed by atoms with van der Waals surface area (Å²) >= 11 is 3.38. The molecule has 4 bridgehead atoms. The van der Waals surface area contributed by atoms with E-state index in [0.29, 0.717) is 16.6 Å². The molecule has 0 heterocycles. The van der Waals surface area contributed by atoms with Crippen LogP contribution >= 0.6 is 11.6 Å². The van der Waals surface area contributed by atoms with Gasteiger partial charge in [-0.25, -0.2) is 0 Å². The van der Waals surface area contributed by atoms with E-state index in [4.69, 9.17) is 30.8 Å². The molecular weight excluding hydrogens is 845 g/mol. The quantitative estimate of drug-likeness (QED) is 0.110. The molecule has 8 heteroatoms. The van der Waals surface area contributed by atoms with Crippen LogP contribution in [0.3, 0.4) is 0 Å². The number of halogens is 1. The average molecular weight is 887 g/mol. The standard InChI is InChI=1S/C14H16O.C8H11ClO.3C6H5.2CO2.Bi/c1-2-13-8-14(9-13,10-13)12(15)11-6-4-3-5-7-11;1-2-7-3-8(4-7,5-7)6(9)10;3*1-2-4-6-5-3-1;2*2-1-3;/h3-7H,2,8-10H2,1H3;2-5H2,1H3;3*1-5H;;;. The summed E-state index contributed by atoms with van der Waals surface area (Å²) in [6.07, 6.45) is 9.60. The van der Waals surface area contributed by atoms with Gasteiger partial charge in [0.2, 0.25) is 5.24 Å². The van der Waals surface area contributed by atoms with Crippen LogP contribution in [0.4, 0.5) is 0 Å². The zero-order valence-electron chi connectivity index (χ0n) is 28.5. The van der Waals surface area contributed by atoms with Gasteiger partial charge in [0.25, 0.3) is 0 Å². The Morgan fingerprint density at radius 2 is 0.820 bits per heavy atom. The third-order valence-electron chi connectivity index (χ3n) is 10.8. The van der Waals surface area contributed by atoms with Crippen LogP contribution in [0.2, 0.25) is 0 Å². The van der Waals surface area contributed by atoms with Crippen molar-refractivity contribution in [2.24, 2.45) is 21.7 Å². The molecule has 0 amide bonds. The Labute approximate surface area is 307 Å². The predicted octanol–water partition coefficient (Wildman–Crippen LogP) is 6.82. The molecule has 6 aliphatic rings. The van der Waals surface area contributed by atoms with Gasteiger partial charge in [0.15, 0.2) is 5.78 Å². The van der Waals surface area contributed by atoms with E-state index in [1.165, 1.54) is 22.7 Å². The molecule has 4 aromatic rings. The predicted molar refractivity (Wildman–Crippen MR) is 194 cm³/mol. The van der Waals surface area contributed by atoms with Crippen molar-refractivity contribution >= 4 is 66.5 Å². The first-order chi connectivity index (χ1) is 24.1. The Morgan fingerprint density at radius 3 is 1.10 bits per heavy atom. The average Bonchev–Trinajstić information content (AvgIpc) is 3.06. The third kappa shape index (κ3) is 8.53. The van der Waals surface area contributed by atoms with Crippen molar-refractivity contribution in [1.82, 2.24) is 0 Å². The normalized spacial score (nSPS) is 25.2. The first-order valence-corrected chi connectivity index (χ1v) is 22.4. The molecule has 50 heavy (non-hydrogen) atoms. The van der Waals surface area contributed by atoms with Crippen LogP contribution in [0.15, 0.2) is 121 Å². The molecule has 0 atom stereocenters. The fourth-order valence-electron chi connectivity index (χ4n) is 8.27. The van der Waals surface area contributed by atoms with Crippen LogP contribution in [0.25, 0.3) is 0 Å². The third-order valence-corrected chi connectivity index (χ3v) is 20.7. The second-order valence-corrected chi connectivity index (χ2v) is 22.8. The van der Waals surface area contributed by atoms with E-state index in [1.807, 2.05) is 30.3 Å². The summed E-state index contributed by atoms with van der Waals surface area (Å²) in [7, 11) is 0. The number of Topliss-reactive ketones (excluding diaryl/α,β-unsaturated/α-hetero) is 1. The van der Waals surface area contributed by atoms with Crippen LogP contribution in [-0.4, -0.2) is 45.1 Å². The monoisotopic (exact) mass is 886 g/mol. The van der Waals surface area contributed by atoms with Crippen molar-refractivity contribution in [2.45, 2.75) is 65.2 Å². The van der Waals surface area contributed by atoms with Gasteiger partial charge >= 0.3 is 135 Å². The molecule has 0 aliphatic heterocycles. The molecule has 10 rings (SSSR count). The van der Waals surface area contributed by atoms with Gasteiger partial charge in [-0.15, -0.1) is 0 Å². The molecule has 0 saturated heterocycles. The van der Waals surface area contributed by atoms with Crippen LogP contribution in [0.1, 0.15) is 75.6 Å². The first kappa shape index (κ1) is 38.9. The number of hydrogen-bond donors (Lipinski definition) is 0. The number of ketones is 1. The van der Waals surface area contributed by atoms with Gasteiger partial charge in [0.1, 0.15) is 0 Å². The van der Waals surface area contributed by atoms with E-state index < -0.39 is 21.8 Å². The fourth-order valence-corrected chi connectivity index (χ4v) is 17.4. The Kier molecular flexibility index (Phi) is 13.5. The molecule has 6 fully saturated rings. The number of carbonyl (C=O) groups excluding carboxylic acids is 6. The van der Waals surface area contributed by atoms with E-state index in [1.54, 1.807) is 0 Å². The fraction of sp³-hybridized carbons (Fsp3) is 0.333. The molecule has 6 saturated carbocycles. The number of benzene rings is 4. The van der Waals surface area contributed by atoms with Crippen molar-refractivity contribution in [3.8, 4) is 0 Å². The van der Waals surface area contributed by atoms with Gasteiger partial charge in [0.05, 0.1) is 0 Å². The van der Waals surface area contributed by atoms with Gasteiger partial charge in [-0.1, -0.05) is 57.0 Å². The summed E-state index contributed by atoms with van der Waals surface area (Å²) in [5.41, 5.74) is 2.02. The van der Waals surface area contributed by atoms with E-state index in [9.17, 15) is 9.59 Å². The van der Waals surface area contributed by atoms with Crippen molar-refractivity contribution in [2.75, 3.05) is 0 Å². The molecule has 6 aliphatic carbocycles. The molecular formula is C42H42BiClO6. The summed E-state index contributed by atoms with van der Waals surface area (Å²) in [5, 5.41) is -0.0946. The van der Waals surface area contributed by atoms with Crippen LogP contribution in [0.5, 0.6) is 0 Å². The zero-order chi connectivity index (χ0) is 36.3. The Hall–Kier alpha value is -3.85. The summed E-state index contributed by atoms with van der Waals surface area (Å²) in [6.45, 7) is 4.44. The van der Waals surface area contributed by atoms with Gasteiger partial charge < -0.3 is 0 Å². The molecule has 258 valence electrons. The Balaban J connectivity index is 0.000000161.